The number of amides is 2. The van der Waals surface area contributed by atoms with Gasteiger partial charge in [-0.3, -0.25) is 9.59 Å². The zero-order valence-corrected chi connectivity index (χ0v) is 18.9. The molecule has 33 heavy (non-hydrogen) atoms. The van der Waals surface area contributed by atoms with Gasteiger partial charge in [0.1, 0.15) is 24.1 Å². The van der Waals surface area contributed by atoms with E-state index in [1.807, 2.05) is 17.8 Å². The van der Waals surface area contributed by atoms with E-state index in [2.05, 4.69) is 20.6 Å². The Bertz CT molecular complexity index is 1080. The first-order valence-electron chi connectivity index (χ1n) is 11.2. The molecule has 3 aromatic rings. The Labute approximate surface area is 192 Å². The van der Waals surface area contributed by atoms with Crippen LogP contribution in [-0.2, 0) is 18.4 Å². The van der Waals surface area contributed by atoms with Crippen LogP contribution in [0, 0.1) is 5.92 Å². The van der Waals surface area contributed by atoms with Crippen LogP contribution < -0.4 is 15.4 Å². The van der Waals surface area contributed by atoms with Crippen LogP contribution in [0.1, 0.15) is 48.4 Å². The number of aryl methyl sites for hydroxylation is 1. The molecule has 9 nitrogen and oxygen atoms in total. The number of hydrogen-bond acceptors (Lipinski definition) is 6. The molecule has 1 atom stereocenters. The molecule has 0 spiro atoms. The second-order valence-electron chi connectivity index (χ2n) is 8.33. The Morgan fingerprint density at radius 2 is 2.00 bits per heavy atom. The highest BCUT2D eigenvalue weighted by molar-refractivity contribution is 5.96. The summed E-state index contributed by atoms with van der Waals surface area (Å²) in [4.78, 5) is 33.8. The first kappa shape index (κ1) is 22.6. The average Bonchev–Trinajstić information content (AvgIpc) is 3.51. The highest BCUT2D eigenvalue weighted by Crippen LogP contribution is 2.27. The van der Waals surface area contributed by atoms with Crippen molar-refractivity contribution in [1.29, 1.82) is 0 Å². The molecule has 174 valence electrons. The molecule has 0 aromatic carbocycles. The number of likely N-dealkylation sites (N-methyl/N-ethyl adjacent to an activating group) is 1. The lowest BCUT2D eigenvalue weighted by atomic mass is 9.83. The lowest BCUT2D eigenvalue weighted by Gasteiger charge is -2.29. The van der Waals surface area contributed by atoms with Crippen LogP contribution in [0.25, 0.3) is 11.5 Å². The van der Waals surface area contributed by atoms with Crippen molar-refractivity contribution in [3.63, 3.8) is 0 Å². The summed E-state index contributed by atoms with van der Waals surface area (Å²) in [5, 5.41) is 5.54. The van der Waals surface area contributed by atoms with Gasteiger partial charge in [0, 0.05) is 20.3 Å². The molecule has 0 aliphatic heterocycles. The van der Waals surface area contributed by atoms with E-state index < -0.39 is 11.9 Å². The van der Waals surface area contributed by atoms with E-state index in [1.54, 1.807) is 43.8 Å². The van der Waals surface area contributed by atoms with Gasteiger partial charge in [0.25, 0.3) is 5.91 Å². The topological polar surface area (TPSA) is 111 Å². The number of carbonyl (C=O) groups is 2. The first-order valence-corrected chi connectivity index (χ1v) is 11.2. The lowest BCUT2D eigenvalue weighted by Crippen LogP contribution is -2.50. The predicted molar refractivity (Wildman–Crippen MR) is 121 cm³/mol. The number of nitrogens with zero attached hydrogens (tertiary/aromatic N) is 3. The number of pyridine rings is 1. The van der Waals surface area contributed by atoms with Gasteiger partial charge in [-0.2, -0.15) is 0 Å². The monoisotopic (exact) mass is 451 g/mol. The molecule has 0 radical (unpaired) electrons. The number of hydrogen-bond donors (Lipinski definition) is 2. The van der Waals surface area contributed by atoms with Gasteiger partial charge in [-0.15, -0.1) is 0 Å². The molecule has 2 amide bonds. The number of nitrogens with one attached hydrogen (secondary N) is 2. The zero-order valence-electron chi connectivity index (χ0n) is 18.9. The lowest BCUT2D eigenvalue weighted by molar-refractivity contribution is -0.124. The maximum atomic E-state index is 12.8. The number of imidazole rings is 1. The summed E-state index contributed by atoms with van der Waals surface area (Å²) in [6.07, 6.45) is 10.4. The average molecular weight is 452 g/mol. The highest BCUT2D eigenvalue weighted by atomic mass is 16.5. The second kappa shape index (κ2) is 10.3. The third kappa shape index (κ3) is 5.60. The third-order valence-electron chi connectivity index (χ3n) is 5.90. The van der Waals surface area contributed by atoms with Crippen LogP contribution in [-0.4, -0.2) is 39.4 Å². The summed E-state index contributed by atoms with van der Waals surface area (Å²) in [5.74, 6) is 0.769. The van der Waals surface area contributed by atoms with Crippen LogP contribution in [0.3, 0.4) is 0 Å². The van der Waals surface area contributed by atoms with E-state index in [9.17, 15) is 9.59 Å². The van der Waals surface area contributed by atoms with Crippen LogP contribution >= 0.6 is 0 Å². The molecule has 4 rings (SSSR count). The van der Waals surface area contributed by atoms with E-state index >= 15 is 0 Å². The normalized spacial score (nSPS) is 15.1. The summed E-state index contributed by atoms with van der Waals surface area (Å²) in [5.41, 5.74) is 1.40. The van der Waals surface area contributed by atoms with Crippen LogP contribution in [0.4, 0.5) is 0 Å². The van der Waals surface area contributed by atoms with Crippen molar-refractivity contribution in [2.45, 2.75) is 44.8 Å². The van der Waals surface area contributed by atoms with Gasteiger partial charge in [-0.1, -0.05) is 19.3 Å². The van der Waals surface area contributed by atoms with Crippen LogP contribution in [0.5, 0.6) is 5.75 Å². The number of aromatic nitrogens is 3. The minimum Gasteiger partial charge on any atom is -0.486 e. The Hall–Kier alpha value is -3.62. The molecule has 1 aliphatic carbocycles. The Balaban J connectivity index is 1.38. The van der Waals surface area contributed by atoms with Crippen molar-refractivity contribution in [3.8, 4) is 17.2 Å². The second-order valence-corrected chi connectivity index (χ2v) is 8.33. The molecule has 3 aromatic heterocycles. The SMILES string of the molecule is CNC(=O)C(NC(=O)c1ccc(-c2ccc(OCc3cn(C)cn3)cn2)o1)C1CCCCC1. The standard InChI is InChI=1S/C24H29N5O4/c1-25-24(31)22(16-6-4-3-5-7-16)28-23(30)21-11-10-20(33-21)19-9-8-18(12-26-19)32-14-17-13-29(2)15-27-17/h8-13,15-16,22H,3-7,14H2,1-2H3,(H,25,31)(H,28,30). The number of rotatable bonds is 8. The van der Waals surface area contributed by atoms with Crippen LogP contribution in [0.2, 0.25) is 0 Å². The largest absolute Gasteiger partial charge is 0.486 e. The van der Waals surface area contributed by atoms with E-state index in [1.165, 1.54) is 6.42 Å². The molecule has 1 unspecified atom stereocenters. The van der Waals surface area contributed by atoms with Crippen molar-refractivity contribution in [2.24, 2.45) is 13.0 Å². The molecule has 1 saturated carbocycles. The van der Waals surface area contributed by atoms with Crippen LogP contribution in [0.15, 0.2) is 47.4 Å². The minimum absolute atomic E-state index is 0.136. The quantitative estimate of drug-likeness (QED) is 0.544. The summed E-state index contributed by atoms with van der Waals surface area (Å²) < 4.78 is 13.3. The summed E-state index contributed by atoms with van der Waals surface area (Å²) >= 11 is 0. The third-order valence-corrected chi connectivity index (χ3v) is 5.90. The molecule has 0 saturated heterocycles. The van der Waals surface area contributed by atoms with E-state index in [-0.39, 0.29) is 17.6 Å². The number of ether oxygens (including phenoxy) is 1. The number of carbonyl (C=O) groups excluding carboxylic acids is 2. The Morgan fingerprint density at radius 3 is 2.67 bits per heavy atom. The fraction of sp³-hybridized carbons (Fsp3) is 0.417. The van der Waals surface area contributed by atoms with E-state index in [4.69, 9.17) is 9.15 Å². The van der Waals surface area contributed by atoms with Gasteiger partial charge < -0.3 is 24.4 Å². The van der Waals surface area contributed by atoms with E-state index in [0.29, 0.717) is 23.8 Å². The van der Waals surface area contributed by atoms with Gasteiger partial charge in [0.2, 0.25) is 5.91 Å². The van der Waals surface area contributed by atoms with Crippen molar-refractivity contribution >= 4 is 11.8 Å². The highest BCUT2D eigenvalue weighted by Gasteiger charge is 2.31. The van der Waals surface area contributed by atoms with Gasteiger partial charge >= 0.3 is 0 Å². The molecule has 9 heteroatoms. The molecule has 3 heterocycles. The van der Waals surface area contributed by atoms with Gasteiger partial charge in [-0.25, -0.2) is 9.97 Å². The molecular formula is C24H29N5O4. The summed E-state index contributed by atoms with van der Waals surface area (Å²) in [7, 11) is 3.49. The summed E-state index contributed by atoms with van der Waals surface area (Å²) in [6.45, 7) is 0.348. The maximum Gasteiger partial charge on any atom is 0.287 e. The number of furan rings is 1. The van der Waals surface area contributed by atoms with Gasteiger partial charge in [0.15, 0.2) is 11.5 Å². The Kier molecular flexibility index (Phi) is 7.07. The fourth-order valence-corrected chi connectivity index (χ4v) is 4.14. The van der Waals surface area contributed by atoms with Crippen molar-refractivity contribution in [2.75, 3.05) is 7.05 Å². The first-order chi connectivity index (χ1) is 16.0. The molecular weight excluding hydrogens is 422 g/mol. The van der Waals surface area contributed by atoms with Crippen molar-refractivity contribution in [1.82, 2.24) is 25.2 Å². The maximum absolute atomic E-state index is 12.8. The van der Waals surface area contributed by atoms with Crippen molar-refractivity contribution in [3.05, 3.63) is 54.4 Å². The van der Waals surface area contributed by atoms with E-state index in [0.717, 1.165) is 31.4 Å². The molecule has 1 fully saturated rings. The summed E-state index contributed by atoms with van der Waals surface area (Å²) in [6, 6.07) is 6.29. The van der Waals surface area contributed by atoms with Gasteiger partial charge in [-0.05, 0) is 43.0 Å². The van der Waals surface area contributed by atoms with Crippen molar-refractivity contribution < 1.29 is 18.7 Å². The molecule has 1 aliphatic rings. The Morgan fingerprint density at radius 1 is 1.18 bits per heavy atom. The minimum atomic E-state index is -0.565. The molecule has 0 bridgehead atoms. The molecule has 2 N–H and O–H groups in total. The van der Waals surface area contributed by atoms with Gasteiger partial charge in [0.05, 0.1) is 18.2 Å². The fourth-order valence-electron chi connectivity index (χ4n) is 4.14. The zero-order chi connectivity index (χ0) is 23.2. The smallest absolute Gasteiger partial charge is 0.287 e. The predicted octanol–water partition coefficient (Wildman–Crippen LogP) is 3.08.